The van der Waals surface area contributed by atoms with Gasteiger partial charge in [-0.15, -0.1) is 0 Å². The molecule has 2 aromatic carbocycles. The molecule has 5 nitrogen and oxygen atoms in total. The molecule has 2 aromatic rings. The predicted molar refractivity (Wildman–Crippen MR) is 102 cm³/mol. The van der Waals surface area contributed by atoms with Crippen LogP contribution >= 0.6 is 11.6 Å². The van der Waals surface area contributed by atoms with Gasteiger partial charge in [-0.25, -0.2) is 8.42 Å². The number of hydrogen-bond acceptors (Lipinski definition) is 3. The summed E-state index contributed by atoms with van der Waals surface area (Å²) in [5.41, 5.74) is 2.15. The number of carbonyl (C=O) groups excluding carboxylic acids is 1. The van der Waals surface area contributed by atoms with Crippen LogP contribution in [0, 0.1) is 5.92 Å². The molecule has 1 N–H and O–H groups in total. The minimum absolute atomic E-state index is 0.133. The number of amides is 1. The van der Waals surface area contributed by atoms with Gasteiger partial charge in [0.05, 0.1) is 10.6 Å². The molecule has 0 spiro atoms. The maximum Gasteiger partial charge on any atom is 0.261 e. The van der Waals surface area contributed by atoms with E-state index in [2.05, 4.69) is 4.72 Å². The monoisotopic (exact) mass is 390 g/mol. The standard InChI is InChI=1S/C19H19ClN2O3S/c20-15-5-2-6-16(12-15)21-26(24,25)17-7-8-18-14(11-17)9-10-22(18)19(23)13-3-1-4-13/h2,5-8,11-13,21H,1,3-4,9-10H2. The zero-order valence-electron chi connectivity index (χ0n) is 14.1. The number of fused-ring (bicyclic) bond motifs is 1. The maximum atomic E-state index is 12.7. The van der Waals surface area contributed by atoms with Crippen molar-refractivity contribution < 1.29 is 13.2 Å². The van der Waals surface area contributed by atoms with Gasteiger partial charge in [-0.2, -0.15) is 0 Å². The molecule has 26 heavy (non-hydrogen) atoms. The molecule has 136 valence electrons. The van der Waals surface area contributed by atoms with Crippen LogP contribution < -0.4 is 9.62 Å². The van der Waals surface area contributed by atoms with E-state index in [1.807, 2.05) is 0 Å². The molecule has 0 radical (unpaired) electrons. The van der Waals surface area contributed by atoms with Gasteiger partial charge in [0.25, 0.3) is 10.0 Å². The summed E-state index contributed by atoms with van der Waals surface area (Å²) >= 11 is 5.91. The van der Waals surface area contributed by atoms with Gasteiger partial charge < -0.3 is 4.90 Å². The summed E-state index contributed by atoms with van der Waals surface area (Å²) < 4.78 is 27.9. The van der Waals surface area contributed by atoms with Crippen LogP contribution in [0.3, 0.4) is 0 Å². The molecule has 0 aromatic heterocycles. The van der Waals surface area contributed by atoms with Crippen LogP contribution in [0.1, 0.15) is 24.8 Å². The van der Waals surface area contributed by atoms with Crippen molar-refractivity contribution in [3.8, 4) is 0 Å². The predicted octanol–water partition coefficient (Wildman–Crippen LogP) is 3.83. The van der Waals surface area contributed by atoms with Crippen LogP contribution in [-0.4, -0.2) is 20.9 Å². The number of rotatable bonds is 4. The number of benzene rings is 2. The van der Waals surface area contributed by atoms with Crippen LogP contribution in [-0.2, 0) is 21.2 Å². The molecule has 1 saturated carbocycles. The Hall–Kier alpha value is -2.05. The molecule has 1 fully saturated rings. The second-order valence-corrected chi connectivity index (χ2v) is 8.89. The van der Waals surface area contributed by atoms with Crippen molar-refractivity contribution in [1.82, 2.24) is 0 Å². The van der Waals surface area contributed by atoms with Crippen molar-refractivity contribution in [2.75, 3.05) is 16.2 Å². The first kappa shape index (κ1) is 17.4. The molecular weight excluding hydrogens is 372 g/mol. The summed E-state index contributed by atoms with van der Waals surface area (Å²) in [6, 6.07) is 11.5. The van der Waals surface area contributed by atoms with E-state index in [9.17, 15) is 13.2 Å². The van der Waals surface area contributed by atoms with Gasteiger partial charge in [0.1, 0.15) is 0 Å². The van der Waals surface area contributed by atoms with E-state index in [1.165, 1.54) is 0 Å². The SMILES string of the molecule is O=C(C1CCC1)N1CCc2cc(S(=O)(=O)Nc3cccc(Cl)c3)ccc21. The van der Waals surface area contributed by atoms with E-state index in [1.54, 1.807) is 47.4 Å². The lowest BCUT2D eigenvalue weighted by Gasteiger charge is -2.29. The molecular formula is C19H19ClN2O3S. The fourth-order valence-corrected chi connectivity index (χ4v) is 4.71. The summed E-state index contributed by atoms with van der Waals surface area (Å²) in [5, 5.41) is 0.462. The number of nitrogens with one attached hydrogen (secondary N) is 1. The van der Waals surface area contributed by atoms with E-state index in [0.717, 1.165) is 30.5 Å². The quantitative estimate of drug-likeness (QED) is 0.862. The molecule has 1 aliphatic carbocycles. The molecule has 0 saturated heterocycles. The first-order valence-corrected chi connectivity index (χ1v) is 10.5. The van der Waals surface area contributed by atoms with Crippen LogP contribution in [0.5, 0.6) is 0 Å². The van der Waals surface area contributed by atoms with Crippen molar-refractivity contribution >= 4 is 38.9 Å². The third-order valence-electron chi connectivity index (χ3n) is 5.05. The zero-order valence-corrected chi connectivity index (χ0v) is 15.7. The van der Waals surface area contributed by atoms with Crippen molar-refractivity contribution in [2.24, 2.45) is 5.92 Å². The van der Waals surface area contributed by atoms with Crippen molar-refractivity contribution in [1.29, 1.82) is 0 Å². The Balaban J connectivity index is 1.58. The lowest BCUT2D eigenvalue weighted by atomic mass is 9.84. The van der Waals surface area contributed by atoms with Crippen molar-refractivity contribution in [2.45, 2.75) is 30.6 Å². The second-order valence-electron chi connectivity index (χ2n) is 6.77. The third kappa shape index (κ3) is 3.19. The Bertz CT molecular complexity index is 970. The summed E-state index contributed by atoms with van der Waals surface area (Å²) in [6.45, 7) is 0.621. The molecule has 1 amide bonds. The molecule has 7 heteroatoms. The summed E-state index contributed by atoms with van der Waals surface area (Å²) in [7, 11) is -3.71. The number of nitrogens with zero attached hydrogens (tertiary/aromatic N) is 1. The molecule has 2 aliphatic rings. The summed E-state index contributed by atoms with van der Waals surface area (Å²) in [6.07, 6.45) is 3.71. The largest absolute Gasteiger partial charge is 0.312 e. The van der Waals surface area contributed by atoms with Crippen LogP contribution in [0.25, 0.3) is 0 Å². The van der Waals surface area contributed by atoms with E-state index in [4.69, 9.17) is 11.6 Å². The Labute approximate surface area is 158 Å². The number of hydrogen-bond donors (Lipinski definition) is 1. The Morgan fingerprint density at radius 3 is 2.65 bits per heavy atom. The Morgan fingerprint density at radius 2 is 1.96 bits per heavy atom. The normalized spacial score (nSPS) is 16.9. The van der Waals surface area contributed by atoms with Gasteiger partial charge in [0.2, 0.25) is 5.91 Å². The van der Waals surface area contributed by atoms with Gasteiger partial charge in [-0.3, -0.25) is 9.52 Å². The van der Waals surface area contributed by atoms with Crippen LogP contribution in [0.2, 0.25) is 5.02 Å². The highest BCUT2D eigenvalue weighted by molar-refractivity contribution is 7.92. The maximum absolute atomic E-state index is 12.7. The van der Waals surface area contributed by atoms with Crippen molar-refractivity contribution in [3.05, 3.63) is 53.1 Å². The molecule has 1 aliphatic heterocycles. The smallest absolute Gasteiger partial charge is 0.261 e. The average Bonchev–Trinajstić information content (AvgIpc) is 2.95. The summed E-state index contributed by atoms with van der Waals surface area (Å²) in [5.74, 6) is 0.302. The molecule has 4 rings (SSSR count). The van der Waals surface area contributed by atoms with Crippen LogP contribution in [0.4, 0.5) is 11.4 Å². The average molecular weight is 391 g/mol. The van der Waals surface area contributed by atoms with Gasteiger partial charge in [-0.1, -0.05) is 24.1 Å². The van der Waals surface area contributed by atoms with E-state index < -0.39 is 10.0 Å². The fourth-order valence-electron chi connectivity index (χ4n) is 3.42. The molecule has 0 bridgehead atoms. The van der Waals surface area contributed by atoms with E-state index in [0.29, 0.717) is 23.7 Å². The van der Waals surface area contributed by atoms with Gasteiger partial charge in [-0.05, 0) is 61.2 Å². The fraction of sp³-hybridized carbons (Fsp3) is 0.316. The third-order valence-corrected chi connectivity index (χ3v) is 6.67. The topological polar surface area (TPSA) is 66.5 Å². The zero-order chi connectivity index (χ0) is 18.3. The Kier molecular flexibility index (Phi) is 4.40. The molecule has 1 heterocycles. The number of carbonyl (C=O) groups is 1. The second kappa shape index (κ2) is 6.59. The highest BCUT2D eigenvalue weighted by atomic mass is 35.5. The van der Waals surface area contributed by atoms with Gasteiger partial charge >= 0.3 is 0 Å². The van der Waals surface area contributed by atoms with E-state index >= 15 is 0 Å². The highest BCUT2D eigenvalue weighted by Gasteiger charge is 2.33. The van der Waals surface area contributed by atoms with Gasteiger partial charge in [0, 0.05) is 23.2 Å². The first-order valence-electron chi connectivity index (χ1n) is 8.67. The minimum Gasteiger partial charge on any atom is -0.312 e. The number of halogens is 1. The summed E-state index contributed by atoms with van der Waals surface area (Å²) in [4.78, 5) is 14.5. The number of anilines is 2. The van der Waals surface area contributed by atoms with E-state index in [-0.39, 0.29) is 16.7 Å². The molecule has 0 unspecified atom stereocenters. The van der Waals surface area contributed by atoms with Crippen molar-refractivity contribution in [3.63, 3.8) is 0 Å². The number of sulfonamides is 1. The lowest BCUT2D eigenvalue weighted by molar-refractivity contribution is -0.124. The minimum atomic E-state index is -3.71. The van der Waals surface area contributed by atoms with Gasteiger partial charge in [0.15, 0.2) is 0 Å². The molecule has 0 atom stereocenters. The van der Waals surface area contributed by atoms with Crippen LogP contribution in [0.15, 0.2) is 47.4 Å². The lowest BCUT2D eigenvalue weighted by Crippen LogP contribution is -2.37. The Morgan fingerprint density at radius 1 is 1.15 bits per heavy atom. The highest BCUT2D eigenvalue weighted by Crippen LogP contribution is 2.35. The first-order chi connectivity index (χ1) is 12.4.